The van der Waals surface area contributed by atoms with Crippen LogP contribution in [-0.2, 0) is 9.53 Å². The molecular formula is C17H23ClN2O3. The zero-order valence-corrected chi connectivity index (χ0v) is 14.3. The van der Waals surface area contributed by atoms with E-state index in [9.17, 15) is 9.59 Å². The first-order valence-corrected chi connectivity index (χ1v) is 8.24. The average Bonchev–Trinajstić information content (AvgIpc) is 2.55. The quantitative estimate of drug-likeness (QED) is 0.838. The van der Waals surface area contributed by atoms with Gasteiger partial charge >= 0.3 is 0 Å². The number of carbonyl (C=O) groups excluding carboxylic acids is 2. The molecule has 23 heavy (non-hydrogen) atoms. The second kappa shape index (κ2) is 8.31. The summed E-state index contributed by atoms with van der Waals surface area (Å²) in [5.41, 5.74) is 0.487. The van der Waals surface area contributed by atoms with Crippen molar-refractivity contribution in [2.24, 2.45) is 5.92 Å². The highest BCUT2D eigenvalue weighted by Crippen LogP contribution is 2.26. The molecule has 2 rings (SSSR count). The van der Waals surface area contributed by atoms with Crippen LogP contribution in [0.15, 0.2) is 24.3 Å². The average molecular weight is 339 g/mol. The fourth-order valence-corrected chi connectivity index (χ4v) is 3.03. The first-order valence-electron chi connectivity index (χ1n) is 7.86. The first-order chi connectivity index (χ1) is 11.0. The molecule has 0 bridgehead atoms. The summed E-state index contributed by atoms with van der Waals surface area (Å²) in [6.07, 6.45) is 1.59. The van der Waals surface area contributed by atoms with Gasteiger partial charge in [0.15, 0.2) is 0 Å². The molecule has 0 saturated carbocycles. The standard InChI is InChI=1S/C17H23ClN2O3/c1-12-7-8-13(16(21)19-9-10-23-2)11-20(12)17(22)14-5-3-4-6-15(14)18/h3-6,12-13H,7-11H2,1-2H3,(H,19,21)/t12-,13-/m0/s1. The number of carbonyl (C=O) groups is 2. The molecule has 0 unspecified atom stereocenters. The molecule has 1 fully saturated rings. The zero-order chi connectivity index (χ0) is 16.8. The highest BCUT2D eigenvalue weighted by Gasteiger charge is 2.33. The lowest BCUT2D eigenvalue weighted by atomic mass is 9.92. The third kappa shape index (κ3) is 4.45. The van der Waals surface area contributed by atoms with Crippen LogP contribution in [0.4, 0.5) is 0 Å². The molecule has 6 heteroatoms. The van der Waals surface area contributed by atoms with E-state index in [1.165, 1.54) is 0 Å². The van der Waals surface area contributed by atoms with Crippen LogP contribution in [0.25, 0.3) is 0 Å². The van der Waals surface area contributed by atoms with Gasteiger partial charge in [0.05, 0.1) is 23.1 Å². The second-order valence-corrected chi connectivity index (χ2v) is 6.25. The summed E-state index contributed by atoms with van der Waals surface area (Å²) in [7, 11) is 1.60. The number of methoxy groups -OCH3 is 1. The van der Waals surface area contributed by atoms with Crippen molar-refractivity contribution in [1.82, 2.24) is 10.2 Å². The number of likely N-dealkylation sites (tertiary alicyclic amines) is 1. The van der Waals surface area contributed by atoms with Crippen molar-refractivity contribution >= 4 is 23.4 Å². The van der Waals surface area contributed by atoms with E-state index >= 15 is 0 Å². The van der Waals surface area contributed by atoms with E-state index in [0.29, 0.717) is 30.3 Å². The minimum atomic E-state index is -0.186. The number of hydrogen-bond acceptors (Lipinski definition) is 3. The lowest BCUT2D eigenvalue weighted by Gasteiger charge is -2.37. The molecule has 1 saturated heterocycles. The van der Waals surface area contributed by atoms with Gasteiger partial charge in [-0.1, -0.05) is 23.7 Å². The minimum absolute atomic E-state index is 0.0223. The Morgan fingerprint density at radius 1 is 1.35 bits per heavy atom. The Bertz CT molecular complexity index is 565. The van der Waals surface area contributed by atoms with Crippen LogP contribution >= 0.6 is 11.6 Å². The molecule has 0 aromatic heterocycles. The van der Waals surface area contributed by atoms with E-state index in [1.54, 1.807) is 36.3 Å². The molecule has 126 valence electrons. The molecule has 1 aliphatic heterocycles. The van der Waals surface area contributed by atoms with Gasteiger partial charge in [-0.25, -0.2) is 0 Å². The first kappa shape index (κ1) is 17.8. The van der Waals surface area contributed by atoms with Gasteiger partial charge in [-0.3, -0.25) is 9.59 Å². The van der Waals surface area contributed by atoms with Crippen molar-refractivity contribution in [1.29, 1.82) is 0 Å². The second-order valence-electron chi connectivity index (χ2n) is 5.84. The Morgan fingerprint density at radius 3 is 2.78 bits per heavy atom. The molecule has 2 atom stereocenters. The fraction of sp³-hybridized carbons (Fsp3) is 0.529. The number of nitrogens with zero attached hydrogens (tertiary/aromatic N) is 1. The molecule has 5 nitrogen and oxygen atoms in total. The van der Waals surface area contributed by atoms with Gasteiger partial charge in [0.25, 0.3) is 5.91 Å². The van der Waals surface area contributed by atoms with Crippen LogP contribution in [0.2, 0.25) is 5.02 Å². The van der Waals surface area contributed by atoms with Crippen molar-refractivity contribution in [3.8, 4) is 0 Å². The minimum Gasteiger partial charge on any atom is -0.383 e. The topological polar surface area (TPSA) is 58.6 Å². The molecule has 0 radical (unpaired) electrons. The summed E-state index contributed by atoms with van der Waals surface area (Å²) >= 11 is 6.13. The maximum absolute atomic E-state index is 12.7. The van der Waals surface area contributed by atoms with E-state index in [2.05, 4.69) is 5.32 Å². The van der Waals surface area contributed by atoms with E-state index in [0.717, 1.165) is 12.8 Å². The van der Waals surface area contributed by atoms with E-state index < -0.39 is 0 Å². The van der Waals surface area contributed by atoms with Gasteiger partial charge in [-0.15, -0.1) is 0 Å². The van der Waals surface area contributed by atoms with Crippen LogP contribution < -0.4 is 5.32 Å². The number of piperidine rings is 1. The number of hydrogen-bond donors (Lipinski definition) is 1. The third-order valence-electron chi connectivity index (χ3n) is 4.22. The van der Waals surface area contributed by atoms with Crippen molar-refractivity contribution < 1.29 is 14.3 Å². The monoisotopic (exact) mass is 338 g/mol. The number of nitrogens with one attached hydrogen (secondary N) is 1. The molecule has 0 aliphatic carbocycles. The Labute approximate surface area is 141 Å². The summed E-state index contributed by atoms with van der Waals surface area (Å²) in [5, 5.41) is 3.29. The Hall–Kier alpha value is -1.59. The van der Waals surface area contributed by atoms with Crippen LogP contribution in [-0.4, -0.2) is 49.6 Å². The molecule has 2 amide bonds. The SMILES string of the molecule is COCCNC(=O)[C@H]1CC[C@H](C)N(C(=O)c2ccccc2Cl)C1. The van der Waals surface area contributed by atoms with Gasteiger partial charge < -0.3 is 15.0 Å². The van der Waals surface area contributed by atoms with Crippen molar-refractivity contribution in [2.75, 3.05) is 26.8 Å². The van der Waals surface area contributed by atoms with Gasteiger partial charge in [-0.2, -0.15) is 0 Å². The molecular weight excluding hydrogens is 316 g/mol. The maximum atomic E-state index is 12.7. The van der Waals surface area contributed by atoms with Gasteiger partial charge in [-0.05, 0) is 31.9 Å². The van der Waals surface area contributed by atoms with Gasteiger partial charge in [0, 0.05) is 26.2 Å². The number of halogens is 1. The van der Waals surface area contributed by atoms with E-state index in [-0.39, 0.29) is 23.8 Å². The van der Waals surface area contributed by atoms with Crippen LogP contribution in [0, 0.1) is 5.92 Å². The molecule has 1 N–H and O–H groups in total. The number of amides is 2. The fourth-order valence-electron chi connectivity index (χ4n) is 2.81. The van der Waals surface area contributed by atoms with E-state index in [4.69, 9.17) is 16.3 Å². The normalized spacial score (nSPS) is 21.1. The number of rotatable bonds is 5. The highest BCUT2D eigenvalue weighted by atomic mass is 35.5. The third-order valence-corrected chi connectivity index (χ3v) is 4.55. The number of benzene rings is 1. The summed E-state index contributed by atoms with van der Waals surface area (Å²) in [5.74, 6) is -0.321. The Balaban J connectivity index is 2.04. The predicted molar refractivity (Wildman–Crippen MR) is 89.6 cm³/mol. The van der Waals surface area contributed by atoms with E-state index in [1.807, 2.05) is 6.92 Å². The predicted octanol–water partition coefficient (Wildman–Crippen LogP) is 2.34. The molecule has 1 aromatic carbocycles. The van der Waals surface area contributed by atoms with Crippen LogP contribution in [0.3, 0.4) is 0 Å². The Morgan fingerprint density at radius 2 is 2.09 bits per heavy atom. The lowest BCUT2D eigenvalue weighted by Crippen LogP contribution is -2.49. The maximum Gasteiger partial charge on any atom is 0.255 e. The highest BCUT2D eigenvalue weighted by molar-refractivity contribution is 6.33. The summed E-state index contributed by atoms with van der Waals surface area (Å²) in [4.78, 5) is 26.7. The smallest absolute Gasteiger partial charge is 0.255 e. The lowest BCUT2D eigenvalue weighted by molar-refractivity contribution is -0.126. The number of ether oxygens (including phenoxy) is 1. The van der Waals surface area contributed by atoms with Crippen molar-refractivity contribution in [3.63, 3.8) is 0 Å². The van der Waals surface area contributed by atoms with Crippen molar-refractivity contribution in [2.45, 2.75) is 25.8 Å². The molecule has 0 spiro atoms. The Kier molecular flexibility index (Phi) is 6.42. The summed E-state index contributed by atoms with van der Waals surface area (Å²) < 4.78 is 4.93. The summed E-state index contributed by atoms with van der Waals surface area (Å²) in [6.45, 7) is 3.40. The largest absolute Gasteiger partial charge is 0.383 e. The van der Waals surface area contributed by atoms with Crippen LogP contribution in [0.5, 0.6) is 0 Å². The van der Waals surface area contributed by atoms with Crippen LogP contribution in [0.1, 0.15) is 30.1 Å². The zero-order valence-electron chi connectivity index (χ0n) is 13.5. The van der Waals surface area contributed by atoms with Gasteiger partial charge in [0.1, 0.15) is 0 Å². The molecule has 1 aromatic rings. The summed E-state index contributed by atoms with van der Waals surface area (Å²) in [6, 6.07) is 7.12. The van der Waals surface area contributed by atoms with Crippen molar-refractivity contribution in [3.05, 3.63) is 34.9 Å². The molecule has 1 heterocycles. The van der Waals surface area contributed by atoms with Gasteiger partial charge in [0.2, 0.25) is 5.91 Å². The molecule has 1 aliphatic rings.